The molecule has 0 spiro atoms. The fraction of sp³-hybridized carbons (Fsp3) is 0.429. The van der Waals surface area contributed by atoms with E-state index in [-0.39, 0.29) is 6.54 Å². The molecule has 0 aliphatic heterocycles. The van der Waals surface area contributed by atoms with Crippen molar-refractivity contribution in [3.05, 3.63) is 11.4 Å². The van der Waals surface area contributed by atoms with Gasteiger partial charge in [-0.05, 0) is 13.8 Å². The summed E-state index contributed by atoms with van der Waals surface area (Å²) >= 11 is 0. The molecular weight excluding hydrogens is 140 g/mol. The third-order valence-electron chi connectivity index (χ3n) is 1.66. The van der Waals surface area contributed by atoms with Gasteiger partial charge in [0.1, 0.15) is 6.54 Å². The summed E-state index contributed by atoms with van der Waals surface area (Å²) in [5, 5.41) is 12.5. The molecule has 2 N–H and O–H groups in total. The quantitative estimate of drug-likeness (QED) is 0.637. The number of nitrogen functional groups attached to an aromatic ring is 1. The van der Waals surface area contributed by atoms with E-state index in [1.165, 1.54) is 0 Å². The molecule has 0 unspecified atom stereocenters. The second-order valence-electron chi connectivity index (χ2n) is 2.40. The van der Waals surface area contributed by atoms with Crippen molar-refractivity contribution in [3.63, 3.8) is 0 Å². The van der Waals surface area contributed by atoms with Gasteiger partial charge in [-0.3, -0.25) is 4.68 Å². The van der Waals surface area contributed by atoms with E-state index in [4.69, 9.17) is 11.0 Å². The Kier molecular flexibility index (Phi) is 1.81. The number of anilines is 1. The molecule has 0 aliphatic rings. The number of rotatable bonds is 1. The number of hydrogen-bond acceptors (Lipinski definition) is 3. The minimum absolute atomic E-state index is 0.268. The summed E-state index contributed by atoms with van der Waals surface area (Å²) in [5.41, 5.74) is 7.98. The molecule has 0 fully saturated rings. The van der Waals surface area contributed by atoms with Crippen molar-refractivity contribution >= 4 is 5.69 Å². The third-order valence-corrected chi connectivity index (χ3v) is 1.66. The summed E-state index contributed by atoms with van der Waals surface area (Å²) in [6.07, 6.45) is 0. The predicted octanol–water partition coefficient (Wildman–Crippen LogP) is 0.606. The fourth-order valence-electron chi connectivity index (χ4n) is 0.932. The lowest BCUT2D eigenvalue weighted by molar-refractivity contribution is 0.680. The molecule has 0 atom stereocenters. The number of nitrogens with zero attached hydrogens (tertiary/aromatic N) is 3. The fourth-order valence-corrected chi connectivity index (χ4v) is 0.932. The molecule has 0 radical (unpaired) electrons. The Bertz CT molecular complexity index is 305. The first-order valence-corrected chi connectivity index (χ1v) is 3.33. The second-order valence-corrected chi connectivity index (χ2v) is 2.40. The average molecular weight is 150 g/mol. The summed E-state index contributed by atoms with van der Waals surface area (Å²) in [5.74, 6) is 0. The standard InChI is InChI=1S/C7H10N4/c1-5-7(9)6(2)11(10-5)4-3-8/h4,9H2,1-2H3. The molecule has 0 aromatic carbocycles. The van der Waals surface area contributed by atoms with E-state index in [9.17, 15) is 0 Å². The van der Waals surface area contributed by atoms with Gasteiger partial charge in [-0.25, -0.2) is 0 Å². The minimum atomic E-state index is 0.268. The van der Waals surface area contributed by atoms with Crippen LogP contribution in [0.2, 0.25) is 0 Å². The Morgan fingerprint density at radius 3 is 2.64 bits per heavy atom. The van der Waals surface area contributed by atoms with Crippen LogP contribution in [-0.4, -0.2) is 9.78 Å². The van der Waals surface area contributed by atoms with E-state index in [1.807, 2.05) is 19.9 Å². The summed E-state index contributed by atoms with van der Waals surface area (Å²) in [4.78, 5) is 0. The predicted molar refractivity (Wildman–Crippen MR) is 41.7 cm³/mol. The maximum Gasteiger partial charge on any atom is 0.128 e. The summed E-state index contributed by atoms with van der Waals surface area (Å²) in [6, 6.07) is 2.01. The summed E-state index contributed by atoms with van der Waals surface area (Å²) in [6.45, 7) is 3.95. The largest absolute Gasteiger partial charge is 0.396 e. The highest BCUT2D eigenvalue weighted by atomic mass is 15.3. The molecule has 0 aliphatic carbocycles. The third kappa shape index (κ3) is 1.17. The highest BCUT2D eigenvalue weighted by molar-refractivity contribution is 5.46. The van der Waals surface area contributed by atoms with Crippen LogP contribution in [0.3, 0.4) is 0 Å². The molecule has 1 rings (SSSR count). The zero-order chi connectivity index (χ0) is 8.43. The second kappa shape index (κ2) is 2.62. The summed E-state index contributed by atoms with van der Waals surface area (Å²) < 4.78 is 1.60. The van der Waals surface area contributed by atoms with Crippen LogP contribution in [0.5, 0.6) is 0 Å². The maximum atomic E-state index is 8.39. The summed E-state index contributed by atoms with van der Waals surface area (Å²) in [7, 11) is 0. The smallest absolute Gasteiger partial charge is 0.128 e. The van der Waals surface area contributed by atoms with Gasteiger partial charge in [0.05, 0.1) is 23.1 Å². The zero-order valence-corrected chi connectivity index (χ0v) is 6.63. The van der Waals surface area contributed by atoms with Crippen molar-refractivity contribution in [2.24, 2.45) is 0 Å². The molecule has 1 heterocycles. The van der Waals surface area contributed by atoms with Gasteiger partial charge in [0.15, 0.2) is 0 Å². The van der Waals surface area contributed by atoms with Crippen molar-refractivity contribution in [3.8, 4) is 6.07 Å². The Morgan fingerprint density at radius 1 is 1.64 bits per heavy atom. The van der Waals surface area contributed by atoms with Gasteiger partial charge in [0.25, 0.3) is 0 Å². The van der Waals surface area contributed by atoms with E-state index in [2.05, 4.69) is 5.10 Å². The zero-order valence-electron chi connectivity index (χ0n) is 6.63. The number of aromatic nitrogens is 2. The number of hydrogen-bond donors (Lipinski definition) is 1. The van der Waals surface area contributed by atoms with E-state index >= 15 is 0 Å². The Hall–Kier alpha value is -1.50. The molecule has 4 nitrogen and oxygen atoms in total. The van der Waals surface area contributed by atoms with Gasteiger partial charge < -0.3 is 5.73 Å². The van der Waals surface area contributed by atoms with Gasteiger partial charge >= 0.3 is 0 Å². The molecule has 1 aromatic rings. The van der Waals surface area contributed by atoms with Crippen molar-refractivity contribution in [1.29, 1.82) is 5.26 Å². The molecular formula is C7H10N4. The Morgan fingerprint density at radius 2 is 2.27 bits per heavy atom. The van der Waals surface area contributed by atoms with Crippen LogP contribution in [0.15, 0.2) is 0 Å². The van der Waals surface area contributed by atoms with Crippen LogP contribution in [0.4, 0.5) is 5.69 Å². The molecule has 0 amide bonds. The number of nitrogens with two attached hydrogens (primary N) is 1. The van der Waals surface area contributed by atoms with Crippen LogP contribution in [0.25, 0.3) is 0 Å². The van der Waals surface area contributed by atoms with Gasteiger partial charge in [0, 0.05) is 0 Å². The van der Waals surface area contributed by atoms with Crippen LogP contribution in [0.1, 0.15) is 11.4 Å². The maximum absolute atomic E-state index is 8.39. The lowest BCUT2D eigenvalue weighted by atomic mass is 10.3. The van der Waals surface area contributed by atoms with Crippen molar-refractivity contribution in [2.45, 2.75) is 20.4 Å². The SMILES string of the molecule is Cc1nn(CC#N)c(C)c1N. The number of aryl methyl sites for hydroxylation is 1. The van der Waals surface area contributed by atoms with E-state index < -0.39 is 0 Å². The van der Waals surface area contributed by atoms with Crippen LogP contribution < -0.4 is 5.73 Å². The van der Waals surface area contributed by atoms with Gasteiger partial charge in [-0.1, -0.05) is 0 Å². The number of nitriles is 1. The van der Waals surface area contributed by atoms with E-state index in [1.54, 1.807) is 4.68 Å². The molecule has 58 valence electrons. The van der Waals surface area contributed by atoms with Crippen LogP contribution in [-0.2, 0) is 6.54 Å². The van der Waals surface area contributed by atoms with Crippen LogP contribution in [0, 0.1) is 25.2 Å². The molecule has 11 heavy (non-hydrogen) atoms. The highest BCUT2D eigenvalue weighted by Crippen LogP contribution is 2.13. The van der Waals surface area contributed by atoms with Gasteiger partial charge in [-0.15, -0.1) is 0 Å². The Balaban J connectivity index is 3.10. The molecule has 4 heteroatoms. The van der Waals surface area contributed by atoms with Crippen molar-refractivity contribution in [1.82, 2.24) is 9.78 Å². The van der Waals surface area contributed by atoms with Crippen LogP contribution >= 0.6 is 0 Å². The van der Waals surface area contributed by atoms with Crippen molar-refractivity contribution in [2.75, 3.05) is 5.73 Å². The molecule has 0 saturated carbocycles. The lowest BCUT2D eigenvalue weighted by Gasteiger charge is -1.95. The van der Waals surface area contributed by atoms with Crippen molar-refractivity contribution < 1.29 is 0 Å². The molecule has 0 saturated heterocycles. The normalized spacial score (nSPS) is 9.55. The average Bonchev–Trinajstić information content (AvgIpc) is 2.19. The molecule has 1 aromatic heterocycles. The first-order valence-electron chi connectivity index (χ1n) is 3.33. The molecule has 0 bridgehead atoms. The highest BCUT2D eigenvalue weighted by Gasteiger charge is 2.06. The minimum Gasteiger partial charge on any atom is -0.396 e. The lowest BCUT2D eigenvalue weighted by Crippen LogP contribution is -2.00. The van der Waals surface area contributed by atoms with E-state index in [0.29, 0.717) is 5.69 Å². The Labute approximate surface area is 65.2 Å². The van der Waals surface area contributed by atoms with E-state index in [0.717, 1.165) is 11.4 Å². The topological polar surface area (TPSA) is 67.6 Å². The first kappa shape index (κ1) is 7.61. The van der Waals surface area contributed by atoms with Gasteiger partial charge in [0.2, 0.25) is 0 Å². The van der Waals surface area contributed by atoms with Gasteiger partial charge in [-0.2, -0.15) is 10.4 Å². The monoisotopic (exact) mass is 150 g/mol. The first-order chi connectivity index (χ1) is 5.16.